The molecule has 1 aromatic rings. The average Bonchev–Trinajstić information content (AvgIpc) is 2.71. The summed E-state index contributed by atoms with van der Waals surface area (Å²) in [6, 6.07) is 11.0. The highest BCUT2D eigenvalue weighted by molar-refractivity contribution is 5.29. The van der Waals surface area contributed by atoms with Crippen molar-refractivity contribution in [2.24, 2.45) is 5.41 Å². The first-order valence-corrected chi connectivity index (χ1v) is 8.67. The van der Waals surface area contributed by atoms with Crippen molar-refractivity contribution < 1.29 is 0 Å². The average molecular weight is 284 g/mol. The lowest BCUT2D eigenvalue weighted by Crippen LogP contribution is -2.53. The fraction of sp³-hybridized carbons (Fsp3) is 0.684. The van der Waals surface area contributed by atoms with Crippen molar-refractivity contribution >= 4 is 0 Å². The predicted molar refractivity (Wildman–Crippen MR) is 87.6 cm³/mol. The van der Waals surface area contributed by atoms with Gasteiger partial charge in [0.1, 0.15) is 0 Å². The number of nitrogens with zero attached hydrogens (tertiary/aromatic N) is 1. The van der Waals surface area contributed by atoms with Crippen LogP contribution in [0.5, 0.6) is 0 Å². The van der Waals surface area contributed by atoms with Gasteiger partial charge in [-0.1, -0.05) is 29.8 Å². The molecule has 2 heteroatoms. The summed E-state index contributed by atoms with van der Waals surface area (Å²) >= 11 is 0. The van der Waals surface area contributed by atoms with E-state index in [-0.39, 0.29) is 0 Å². The first kappa shape index (κ1) is 13.8. The summed E-state index contributed by atoms with van der Waals surface area (Å²) in [5.74, 6) is 0.711. The van der Waals surface area contributed by atoms with Crippen LogP contribution in [-0.2, 0) is 0 Å². The number of hydrogen-bond donors (Lipinski definition) is 1. The van der Waals surface area contributed by atoms with Gasteiger partial charge in [-0.15, -0.1) is 0 Å². The molecule has 1 spiro atoms. The molecule has 0 radical (unpaired) electrons. The van der Waals surface area contributed by atoms with Gasteiger partial charge >= 0.3 is 0 Å². The standard InChI is InChI=1S/C19H28N2/c1-14-4-3-5-15(10-14)18-13-20-9-8-19(18)11-16-6-7-17(12-19)21(16)2/h3-5,10,16-18,20H,6-9,11-13H2,1-2H3. The Morgan fingerprint density at radius 2 is 1.95 bits per heavy atom. The minimum Gasteiger partial charge on any atom is -0.316 e. The topological polar surface area (TPSA) is 15.3 Å². The summed E-state index contributed by atoms with van der Waals surface area (Å²) in [5.41, 5.74) is 3.53. The third kappa shape index (κ3) is 2.24. The second kappa shape index (κ2) is 5.10. The number of fused-ring (bicyclic) bond motifs is 2. The van der Waals surface area contributed by atoms with Crippen molar-refractivity contribution in [1.82, 2.24) is 10.2 Å². The van der Waals surface area contributed by atoms with Crippen LogP contribution in [0.15, 0.2) is 24.3 Å². The Bertz CT molecular complexity index is 510. The van der Waals surface area contributed by atoms with Crippen LogP contribution in [0.25, 0.3) is 0 Å². The molecule has 2 bridgehead atoms. The fourth-order valence-corrected chi connectivity index (χ4v) is 5.43. The third-order valence-corrected chi connectivity index (χ3v) is 6.60. The normalized spacial score (nSPS) is 39.8. The first-order chi connectivity index (χ1) is 10.2. The summed E-state index contributed by atoms with van der Waals surface area (Å²) in [5, 5.41) is 3.67. The zero-order chi connectivity index (χ0) is 14.4. The maximum atomic E-state index is 3.67. The van der Waals surface area contributed by atoms with Crippen LogP contribution in [0.4, 0.5) is 0 Å². The Balaban J connectivity index is 1.69. The highest BCUT2D eigenvalue weighted by Gasteiger charge is 2.51. The number of rotatable bonds is 1. The highest BCUT2D eigenvalue weighted by atomic mass is 15.2. The fourth-order valence-electron chi connectivity index (χ4n) is 5.43. The molecule has 3 fully saturated rings. The van der Waals surface area contributed by atoms with Gasteiger partial charge < -0.3 is 10.2 Å². The van der Waals surface area contributed by atoms with Gasteiger partial charge in [0.2, 0.25) is 0 Å². The lowest BCUT2D eigenvalue weighted by atomic mass is 9.61. The summed E-state index contributed by atoms with van der Waals surface area (Å²) in [6.07, 6.45) is 7.06. The van der Waals surface area contributed by atoms with Gasteiger partial charge in [-0.3, -0.25) is 0 Å². The van der Waals surface area contributed by atoms with E-state index in [4.69, 9.17) is 0 Å². The summed E-state index contributed by atoms with van der Waals surface area (Å²) in [6.45, 7) is 4.61. The quantitative estimate of drug-likeness (QED) is 0.851. The largest absolute Gasteiger partial charge is 0.316 e. The van der Waals surface area contributed by atoms with Gasteiger partial charge in [0, 0.05) is 24.5 Å². The second-order valence-corrected chi connectivity index (χ2v) is 7.74. The molecule has 1 aromatic carbocycles. The van der Waals surface area contributed by atoms with Gasteiger partial charge in [0.05, 0.1) is 0 Å². The molecule has 3 heterocycles. The van der Waals surface area contributed by atoms with E-state index in [1.807, 2.05) is 0 Å². The molecule has 0 amide bonds. The molecule has 3 unspecified atom stereocenters. The second-order valence-electron chi connectivity index (χ2n) is 7.74. The summed E-state index contributed by atoms with van der Waals surface area (Å²) in [4.78, 5) is 2.68. The number of nitrogens with one attached hydrogen (secondary N) is 1. The molecular weight excluding hydrogens is 256 g/mol. The zero-order valence-electron chi connectivity index (χ0n) is 13.4. The molecule has 2 nitrogen and oxygen atoms in total. The van der Waals surface area contributed by atoms with Gasteiger partial charge in [-0.25, -0.2) is 0 Å². The first-order valence-electron chi connectivity index (χ1n) is 8.67. The molecule has 3 aliphatic rings. The molecule has 4 rings (SSSR count). The van der Waals surface area contributed by atoms with Crippen LogP contribution >= 0.6 is 0 Å². The number of piperidine rings is 2. The molecule has 0 saturated carbocycles. The molecule has 0 aromatic heterocycles. The van der Waals surface area contributed by atoms with E-state index in [2.05, 4.69) is 48.5 Å². The van der Waals surface area contributed by atoms with Crippen molar-refractivity contribution in [2.75, 3.05) is 20.1 Å². The number of hydrogen-bond acceptors (Lipinski definition) is 2. The third-order valence-electron chi connectivity index (χ3n) is 6.60. The maximum Gasteiger partial charge on any atom is 0.0101 e. The molecular formula is C19H28N2. The maximum absolute atomic E-state index is 3.67. The summed E-state index contributed by atoms with van der Waals surface area (Å²) in [7, 11) is 2.36. The van der Waals surface area contributed by atoms with Gasteiger partial charge in [0.15, 0.2) is 0 Å². The SMILES string of the molecule is Cc1cccc(C2CNCCC23CC2CCC(C3)N2C)c1. The van der Waals surface area contributed by atoms with E-state index in [1.165, 1.54) is 50.8 Å². The van der Waals surface area contributed by atoms with Crippen LogP contribution < -0.4 is 5.32 Å². The Morgan fingerprint density at radius 1 is 1.19 bits per heavy atom. The van der Waals surface area contributed by atoms with Crippen LogP contribution in [0.1, 0.15) is 49.1 Å². The lowest BCUT2D eigenvalue weighted by molar-refractivity contribution is 0.0196. The molecule has 1 N–H and O–H groups in total. The monoisotopic (exact) mass is 284 g/mol. The minimum atomic E-state index is 0.553. The van der Waals surface area contributed by atoms with E-state index in [0.717, 1.165) is 12.1 Å². The van der Waals surface area contributed by atoms with E-state index >= 15 is 0 Å². The van der Waals surface area contributed by atoms with Gasteiger partial charge in [-0.2, -0.15) is 0 Å². The van der Waals surface area contributed by atoms with Crippen molar-refractivity contribution in [1.29, 1.82) is 0 Å². The molecule has 0 aliphatic carbocycles. The van der Waals surface area contributed by atoms with Crippen molar-refractivity contribution in [3.8, 4) is 0 Å². The summed E-state index contributed by atoms with van der Waals surface area (Å²) < 4.78 is 0. The number of aryl methyl sites for hydroxylation is 1. The van der Waals surface area contributed by atoms with Crippen LogP contribution in [0.2, 0.25) is 0 Å². The van der Waals surface area contributed by atoms with Crippen molar-refractivity contribution in [3.05, 3.63) is 35.4 Å². The lowest BCUT2D eigenvalue weighted by Gasteiger charge is -2.52. The Hall–Kier alpha value is -0.860. The van der Waals surface area contributed by atoms with E-state index in [0.29, 0.717) is 11.3 Å². The Kier molecular flexibility index (Phi) is 3.35. The van der Waals surface area contributed by atoms with Crippen LogP contribution in [0, 0.1) is 12.3 Å². The van der Waals surface area contributed by atoms with Gasteiger partial charge in [0.25, 0.3) is 0 Å². The molecule has 3 atom stereocenters. The van der Waals surface area contributed by atoms with Crippen LogP contribution in [-0.4, -0.2) is 37.1 Å². The Labute approximate surface area is 128 Å². The van der Waals surface area contributed by atoms with Crippen LogP contribution in [0.3, 0.4) is 0 Å². The molecule has 3 saturated heterocycles. The predicted octanol–water partition coefficient (Wildman–Crippen LogP) is 3.31. The van der Waals surface area contributed by atoms with E-state index in [1.54, 1.807) is 5.56 Å². The Morgan fingerprint density at radius 3 is 2.67 bits per heavy atom. The molecule has 21 heavy (non-hydrogen) atoms. The van der Waals surface area contributed by atoms with E-state index < -0.39 is 0 Å². The minimum absolute atomic E-state index is 0.553. The van der Waals surface area contributed by atoms with Gasteiger partial charge in [-0.05, 0) is 63.6 Å². The van der Waals surface area contributed by atoms with E-state index in [9.17, 15) is 0 Å². The number of benzene rings is 1. The zero-order valence-corrected chi connectivity index (χ0v) is 13.4. The van der Waals surface area contributed by atoms with Crippen molar-refractivity contribution in [2.45, 2.75) is 57.0 Å². The van der Waals surface area contributed by atoms with Crippen molar-refractivity contribution in [3.63, 3.8) is 0 Å². The highest BCUT2D eigenvalue weighted by Crippen LogP contribution is 2.54. The smallest absolute Gasteiger partial charge is 0.0101 e. The molecule has 114 valence electrons. The molecule has 3 aliphatic heterocycles.